The Morgan fingerprint density at radius 2 is 1.84 bits per heavy atom. The Kier molecular flexibility index (Phi) is 6.40. The molecule has 0 aliphatic carbocycles. The summed E-state index contributed by atoms with van der Waals surface area (Å²) in [6.45, 7) is 7.05. The molecule has 19 heavy (non-hydrogen) atoms. The number of nitrogens with one attached hydrogen (secondary N) is 1. The van der Waals surface area contributed by atoms with Gasteiger partial charge in [-0.25, -0.2) is 4.79 Å². The van der Waals surface area contributed by atoms with Gasteiger partial charge in [0.15, 0.2) is 0 Å². The SMILES string of the molecule is CCCCCC(CNC(N)=O)c1cc(C)cc(C)c1. The van der Waals surface area contributed by atoms with Gasteiger partial charge in [0.1, 0.15) is 0 Å². The lowest BCUT2D eigenvalue weighted by Crippen LogP contribution is -2.33. The smallest absolute Gasteiger partial charge is 0.312 e. The van der Waals surface area contributed by atoms with Gasteiger partial charge in [-0.1, -0.05) is 55.5 Å². The normalized spacial score (nSPS) is 12.2. The number of benzene rings is 1. The average Bonchev–Trinajstić information content (AvgIpc) is 2.32. The third-order valence-electron chi connectivity index (χ3n) is 3.39. The van der Waals surface area contributed by atoms with Gasteiger partial charge < -0.3 is 11.1 Å². The van der Waals surface area contributed by atoms with Gasteiger partial charge in [-0.05, 0) is 25.8 Å². The predicted molar refractivity (Wildman–Crippen MR) is 80.4 cm³/mol. The van der Waals surface area contributed by atoms with Gasteiger partial charge in [0.05, 0.1) is 0 Å². The van der Waals surface area contributed by atoms with Crippen molar-refractivity contribution in [2.45, 2.75) is 52.4 Å². The minimum absolute atomic E-state index is 0.359. The highest BCUT2D eigenvalue weighted by Crippen LogP contribution is 2.24. The summed E-state index contributed by atoms with van der Waals surface area (Å²) >= 11 is 0. The Bertz CT molecular complexity index is 395. The van der Waals surface area contributed by atoms with Crippen molar-refractivity contribution < 1.29 is 4.79 Å². The Hall–Kier alpha value is -1.51. The molecule has 1 atom stereocenters. The summed E-state index contributed by atoms with van der Waals surface area (Å²) in [5.41, 5.74) is 9.04. The van der Waals surface area contributed by atoms with Crippen LogP contribution in [0.15, 0.2) is 18.2 Å². The zero-order valence-electron chi connectivity index (χ0n) is 12.3. The van der Waals surface area contributed by atoms with E-state index in [4.69, 9.17) is 5.73 Å². The second-order valence-corrected chi connectivity index (χ2v) is 5.36. The Morgan fingerprint density at radius 1 is 1.21 bits per heavy atom. The van der Waals surface area contributed by atoms with Crippen LogP contribution in [0.5, 0.6) is 0 Å². The quantitative estimate of drug-likeness (QED) is 0.724. The lowest BCUT2D eigenvalue weighted by molar-refractivity contribution is 0.248. The monoisotopic (exact) mass is 262 g/mol. The number of hydrogen-bond acceptors (Lipinski definition) is 1. The van der Waals surface area contributed by atoms with E-state index < -0.39 is 6.03 Å². The number of nitrogens with two attached hydrogens (primary N) is 1. The summed E-state index contributed by atoms with van der Waals surface area (Å²) in [5, 5.41) is 2.75. The molecule has 1 aromatic rings. The van der Waals surface area contributed by atoms with E-state index in [2.05, 4.69) is 44.3 Å². The molecule has 0 heterocycles. The van der Waals surface area contributed by atoms with Gasteiger partial charge in [0, 0.05) is 12.5 Å². The molecule has 1 aromatic carbocycles. The summed E-state index contributed by atoms with van der Waals surface area (Å²) in [7, 11) is 0. The van der Waals surface area contributed by atoms with Crippen molar-refractivity contribution in [3.8, 4) is 0 Å². The van der Waals surface area contributed by atoms with Gasteiger partial charge in [-0.3, -0.25) is 0 Å². The van der Waals surface area contributed by atoms with Crippen molar-refractivity contribution in [3.05, 3.63) is 34.9 Å². The highest BCUT2D eigenvalue weighted by Gasteiger charge is 2.12. The molecule has 1 unspecified atom stereocenters. The van der Waals surface area contributed by atoms with Crippen LogP contribution in [0, 0.1) is 13.8 Å². The number of rotatable bonds is 7. The van der Waals surface area contributed by atoms with Crippen molar-refractivity contribution in [3.63, 3.8) is 0 Å². The zero-order chi connectivity index (χ0) is 14.3. The number of primary amides is 1. The molecule has 3 N–H and O–H groups in total. The first-order valence-corrected chi connectivity index (χ1v) is 7.14. The van der Waals surface area contributed by atoms with Crippen LogP contribution in [0.3, 0.4) is 0 Å². The van der Waals surface area contributed by atoms with Gasteiger partial charge in [-0.2, -0.15) is 0 Å². The van der Waals surface area contributed by atoms with E-state index in [1.807, 2.05) is 0 Å². The van der Waals surface area contributed by atoms with Crippen molar-refractivity contribution in [1.82, 2.24) is 5.32 Å². The number of urea groups is 1. The highest BCUT2D eigenvalue weighted by molar-refractivity contribution is 5.71. The summed E-state index contributed by atoms with van der Waals surface area (Å²) < 4.78 is 0. The molecular formula is C16H26N2O. The van der Waals surface area contributed by atoms with Crippen molar-refractivity contribution >= 4 is 6.03 Å². The maximum Gasteiger partial charge on any atom is 0.312 e. The molecule has 0 saturated heterocycles. The molecule has 106 valence electrons. The van der Waals surface area contributed by atoms with Crippen LogP contribution in [-0.2, 0) is 0 Å². The molecule has 2 amide bonds. The van der Waals surface area contributed by atoms with Gasteiger partial charge in [-0.15, -0.1) is 0 Å². The molecule has 0 saturated carbocycles. The predicted octanol–water partition coefficient (Wildman–Crippen LogP) is 3.64. The molecule has 0 spiro atoms. The number of hydrogen-bond donors (Lipinski definition) is 2. The average molecular weight is 262 g/mol. The zero-order valence-corrected chi connectivity index (χ0v) is 12.3. The third-order valence-corrected chi connectivity index (χ3v) is 3.39. The second kappa shape index (κ2) is 7.82. The third kappa shape index (κ3) is 5.77. The van der Waals surface area contributed by atoms with E-state index >= 15 is 0 Å². The van der Waals surface area contributed by atoms with Crippen LogP contribution in [0.2, 0.25) is 0 Å². The van der Waals surface area contributed by atoms with E-state index in [0.29, 0.717) is 12.5 Å². The standard InChI is InChI=1S/C16H26N2O/c1-4-5-6-7-14(11-18-16(17)19)15-9-12(2)8-13(3)10-15/h8-10,14H,4-7,11H2,1-3H3,(H3,17,18,19). The van der Waals surface area contributed by atoms with Crippen molar-refractivity contribution in [2.24, 2.45) is 5.73 Å². The van der Waals surface area contributed by atoms with Crippen molar-refractivity contribution in [2.75, 3.05) is 6.54 Å². The van der Waals surface area contributed by atoms with Crippen LogP contribution in [0.4, 0.5) is 4.79 Å². The van der Waals surface area contributed by atoms with E-state index in [0.717, 1.165) is 6.42 Å². The first-order valence-electron chi connectivity index (χ1n) is 7.14. The fourth-order valence-corrected chi connectivity index (χ4v) is 2.50. The van der Waals surface area contributed by atoms with E-state index in [9.17, 15) is 4.79 Å². The van der Waals surface area contributed by atoms with E-state index in [-0.39, 0.29) is 0 Å². The van der Waals surface area contributed by atoms with E-state index in [1.54, 1.807) is 0 Å². The van der Waals surface area contributed by atoms with Crippen LogP contribution < -0.4 is 11.1 Å². The molecule has 0 radical (unpaired) electrons. The minimum Gasteiger partial charge on any atom is -0.352 e. The van der Waals surface area contributed by atoms with Crippen LogP contribution in [0.1, 0.15) is 55.2 Å². The lowest BCUT2D eigenvalue weighted by Gasteiger charge is -2.18. The molecular weight excluding hydrogens is 236 g/mol. The Labute approximate surface area is 116 Å². The summed E-state index contributed by atoms with van der Waals surface area (Å²) in [4.78, 5) is 10.9. The fourth-order valence-electron chi connectivity index (χ4n) is 2.50. The second-order valence-electron chi connectivity index (χ2n) is 5.36. The number of carbonyl (C=O) groups excluding carboxylic acids is 1. The fraction of sp³-hybridized carbons (Fsp3) is 0.562. The molecule has 3 heteroatoms. The molecule has 0 aromatic heterocycles. The summed E-state index contributed by atoms with van der Waals surface area (Å²) in [6.07, 6.45) is 4.73. The number of aryl methyl sites for hydroxylation is 2. The first-order chi connectivity index (χ1) is 9.02. The summed E-state index contributed by atoms with van der Waals surface area (Å²) in [6, 6.07) is 6.16. The molecule has 0 aliphatic heterocycles. The largest absolute Gasteiger partial charge is 0.352 e. The molecule has 0 bridgehead atoms. The van der Waals surface area contributed by atoms with Gasteiger partial charge in [0.25, 0.3) is 0 Å². The van der Waals surface area contributed by atoms with Gasteiger partial charge >= 0.3 is 6.03 Å². The van der Waals surface area contributed by atoms with Crippen molar-refractivity contribution in [1.29, 1.82) is 0 Å². The first kappa shape index (κ1) is 15.5. The molecule has 1 rings (SSSR count). The summed E-state index contributed by atoms with van der Waals surface area (Å²) in [5.74, 6) is 0.359. The molecule has 3 nitrogen and oxygen atoms in total. The highest BCUT2D eigenvalue weighted by atomic mass is 16.2. The van der Waals surface area contributed by atoms with Crippen LogP contribution >= 0.6 is 0 Å². The Balaban J connectivity index is 2.77. The Morgan fingerprint density at radius 3 is 2.37 bits per heavy atom. The number of amides is 2. The van der Waals surface area contributed by atoms with E-state index in [1.165, 1.54) is 36.0 Å². The number of unbranched alkanes of at least 4 members (excludes halogenated alkanes) is 2. The molecule has 0 fully saturated rings. The topological polar surface area (TPSA) is 55.1 Å². The molecule has 0 aliphatic rings. The maximum atomic E-state index is 10.9. The van der Waals surface area contributed by atoms with Gasteiger partial charge in [0.2, 0.25) is 0 Å². The minimum atomic E-state index is -0.440. The lowest BCUT2D eigenvalue weighted by atomic mass is 9.91. The van der Waals surface area contributed by atoms with Crippen LogP contribution in [0.25, 0.3) is 0 Å². The number of carbonyl (C=O) groups is 1. The van der Waals surface area contributed by atoms with Crippen LogP contribution in [-0.4, -0.2) is 12.6 Å². The maximum absolute atomic E-state index is 10.9.